The predicted molar refractivity (Wildman–Crippen MR) is 60.9 cm³/mol. The van der Waals surface area contributed by atoms with E-state index in [1.54, 1.807) is 6.92 Å². The molecule has 0 aliphatic carbocycles. The van der Waals surface area contributed by atoms with Gasteiger partial charge in [-0.15, -0.1) is 5.10 Å². The van der Waals surface area contributed by atoms with E-state index in [1.165, 1.54) is 0 Å². The molecule has 2 N–H and O–H groups in total. The fraction of sp³-hybridized carbons (Fsp3) is 0.700. The average molecular weight is 256 g/mol. The zero-order chi connectivity index (χ0) is 13.0. The van der Waals surface area contributed by atoms with E-state index in [1.807, 2.05) is 4.90 Å². The maximum atomic E-state index is 11.7. The second-order valence-electron chi connectivity index (χ2n) is 4.06. The molecule has 1 aromatic rings. The molecule has 0 bridgehead atoms. The smallest absolute Gasteiger partial charge is 0.322 e. The first-order chi connectivity index (χ1) is 8.69. The number of morpholine rings is 1. The first kappa shape index (κ1) is 12.9. The highest BCUT2D eigenvalue weighted by molar-refractivity contribution is 5.90. The van der Waals surface area contributed by atoms with E-state index in [-0.39, 0.29) is 31.1 Å². The molecule has 1 fully saturated rings. The normalized spacial score (nSPS) is 20.9. The molecule has 100 valence electrons. The van der Waals surface area contributed by atoms with Gasteiger partial charge in [0.15, 0.2) is 0 Å². The molecule has 0 saturated carbocycles. The molecule has 1 atom stereocenters. The van der Waals surface area contributed by atoms with Gasteiger partial charge < -0.3 is 14.3 Å². The van der Waals surface area contributed by atoms with Crippen molar-refractivity contribution in [3.63, 3.8) is 0 Å². The van der Waals surface area contributed by atoms with Gasteiger partial charge in [-0.1, -0.05) is 5.10 Å². The monoisotopic (exact) mass is 256 g/mol. The summed E-state index contributed by atoms with van der Waals surface area (Å²) in [6.07, 6.45) is 0. The third kappa shape index (κ3) is 3.25. The molecule has 18 heavy (non-hydrogen) atoms. The minimum atomic E-state index is -0.251. The lowest BCUT2D eigenvalue weighted by Gasteiger charge is -2.33. The lowest BCUT2D eigenvalue weighted by molar-refractivity contribution is -0.120. The Morgan fingerprint density at radius 2 is 2.44 bits per heavy atom. The molecule has 8 heteroatoms. The van der Waals surface area contributed by atoms with Gasteiger partial charge in [-0.25, -0.2) is 0 Å². The summed E-state index contributed by atoms with van der Waals surface area (Å²) >= 11 is 0. The van der Waals surface area contributed by atoms with Crippen LogP contribution in [0.2, 0.25) is 0 Å². The van der Waals surface area contributed by atoms with Gasteiger partial charge >= 0.3 is 6.01 Å². The Labute approximate surface area is 104 Å². The standard InChI is InChI=1S/C10H16N4O4/c1-7-12-13-10(18-7)11-9(16)4-14-2-3-17-6-8(14)5-15/h8,15H,2-6H2,1H3,(H,11,13,16). The van der Waals surface area contributed by atoms with Crippen molar-refractivity contribution >= 4 is 11.9 Å². The first-order valence-corrected chi connectivity index (χ1v) is 5.71. The molecule has 8 nitrogen and oxygen atoms in total. The fourth-order valence-electron chi connectivity index (χ4n) is 1.76. The number of ether oxygens (including phenoxy) is 1. The van der Waals surface area contributed by atoms with Crippen LogP contribution in [0.25, 0.3) is 0 Å². The van der Waals surface area contributed by atoms with Gasteiger partial charge in [-0.2, -0.15) is 0 Å². The van der Waals surface area contributed by atoms with Crippen molar-refractivity contribution in [2.24, 2.45) is 0 Å². The quantitative estimate of drug-likeness (QED) is 0.713. The lowest BCUT2D eigenvalue weighted by Crippen LogP contribution is -2.50. The maximum absolute atomic E-state index is 11.7. The highest BCUT2D eigenvalue weighted by Crippen LogP contribution is 2.07. The van der Waals surface area contributed by atoms with Crippen molar-refractivity contribution in [3.8, 4) is 0 Å². The van der Waals surface area contributed by atoms with Crippen molar-refractivity contribution in [1.29, 1.82) is 0 Å². The molecular weight excluding hydrogens is 240 g/mol. The van der Waals surface area contributed by atoms with Gasteiger partial charge in [0, 0.05) is 13.5 Å². The minimum Gasteiger partial charge on any atom is -0.408 e. The number of nitrogens with zero attached hydrogens (tertiary/aromatic N) is 3. The number of hydrogen-bond donors (Lipinski definition) is 2. The number of rotatable bonds is 4. The number of anilines is 1. The van der Waals surface area contributed by atoms with Crippen LogP contribution in [0.5, 0.6) is 0 Å². The molecule has 1 saturated heterocycles. The number of amides is 1. The summed E-state index contributed by atoms with van der Waals surface area (Å²) < 4.78 is 10.3. The van der Waals surface area contributed by atoms with Crippen LogP contribution < -0.4 is 5.32 Å². The summed E-state index contributed by atoms with van der Waals surface area (Å²) in [4.78, 5) is 13.6. The number of aliphatic hydroxyl groups is 1. The predicted octanol–water partition coefficient (Wildman–Crippen LogP) is -0.990. The second-order valence-corrected chi connectivity index (χ2v) is 4.06. The van der Waals surface area contributed by atoms with Gasteiger partial charge in [0.05, 0.1) is 32.4 Å². The average Bonchev–Trinajstić information content (AvgIpc) is 2.75. The largest absolute Gasteiger partial charge is 0.408 e. The summed E-state index contributed by atoms with van der Waals surface area (Å²) in [5.74, 6) is 0.143. The van der Waals surface area contributed by atoms with Crippen molar-refractivity contribution in [2.75, 3.05) is 38.2 Å². The molecule has 1 aliphatic heterocycles. The molecule has 1 aliphatic rings. The number of aromatic nitrogens is 2. The molecule has 0 radical (unpaired) electrons. The van der Waals surface area contributed by atoms with E-state index >= 15 is 0 Å². The summed E-state index contributed by atoms with van der Waals surface area (Å²) in [6, 6.07) is -0.0553. The Morgan fingerprint density at radius 3 is 3.11 bits per heavy atom. The summed E-state index contributed by atoms with van der Waals surface area (Å²) in [5.41, 5.74) is 0. The molecule has 0 aromatic carbocycles. The third-order valence-corrected chi connectivity index (χ3v) is 2.68. The molecule has 1 unspecified atom stereocenters. The van der Waals surface area contributed by atoms with Gasteiger partial charge in [0.25, 0.3) is 0 Å². The Bertz CT molecular complexity index is 408. The zero-order valence-electron chi connectivity index (χ0n) is 10.1. The second kappa shape index (κ2) is 5.89. The number of nitrogens with one attached hydrogen (secondary N) is 1. The van der Waals surface area contributed by atoms with Crippen molar-refractivity contribution in [3.05, 3.63) is 5.89 Å². The van der Waals surface area contributed by atoms with Gasteiger partial charge in [0.1, 0.15) is 0 Å². The minimum absolute atomic E-state index is 0.0348. The topological polar surface area (TPSA) is 101 Å². The van der Waals surface area contributed by atoms with Gasteiger partial charge in [-0.05, 0) is 0 Å². The van der Waals surface area contributed by atoms with E-state index < -0.39 is 0 Å². The molecule has 1 aromatic heterocycles. The Balaban J connectivity index is 1.86. The van der Waals surface area contributed by atoms with E-state index in [0.717, 1.165) is 0 Å². The number of carbonyl (C=O) groups excluding carboxylic acids is 1. The highest BCUT2D eigenvalue weighted by atomic mass is 16.5. The van der Waals surface area contributed by atoms with Crippen LogP contribution in [0, 0.1) is 6.92 Å². The van der Waals surface area contributed by atoms with Crippen molar-refractivity contribution < 1.29 is 19.1 Å². The molecule has 0 spiro atoms. The van der Waals surface area contributed by atoms with Crippen molar-refractivity contribution in [2.45, 2.75) is 13.0 Å². The van der Waals surface area contributed by atoms with Gasteiger partial charge in [0.2, 0.25) is 11.8 Å². The first-order valence-electron chi connectivity index (χ1n) is 5.71. The Morgan fingerprint density at radius 1 is 1.61 bits per heavy atom. The summed E-state index contributed by atoms with van der Waals surface area (Å²) in [5, 5.41) is 19.0. The molecular formula is C10H16N4O4. The zero-order valence-corrected chi connectivity index (χ0v) is 10.1. The van der Waals surface area contributed by atoms with E-state index in [0.29, 0.717) is 25.6 Å². The SMILES string of the molecule is Cc1nnc(NC(=O)CN2CCOCC2CO)o1. The van der Waals surface area contributed by atoms with Crippen LogP contribution in [-0.4, -0.2) is 65.1 Å². The Kier molecular flexibility index (Phi) is 4.24. The fourth-order valence-corrected chi connectivity index (χ4v) is 1.76. The number of hydrogen-bond acceptors (Lipinski definition) is 7. The summed E-state index contributed by atoms with van der Waals surface area (Å²) in [6.45, 7) is 3.38. The van der Waals surface area contributed by atoms with Crippen LogP contribution in [0.4, 0.5) is 6.01 Å². The van der Waals surface area contributed by atoms with Crippen LogP contribution in [-0.2, 0) is 9.53 Å². The number of aliphatic hydroxyl groups excluding tert-OH is 1. The molecule has 2 rings (SSSR count). The van der Waals surface area contributed by atoms with Gasteiger partial charge in [-0.3, -0.25) is 15.0 Å². The van der Waals surface area contributed by atoms with Crippen LogP contribution in [0.1, 0.15) is 5.89 Å². The van der Waals surface area contributed by atoms with E-state index in [4.69, 9.17) is 9.15 Å². The van der Waals surface area contributed by atoms with E-state index in [9.17, 15) is 9.90 Å². The highest BCUT2D eigenvalue weighted by Gasteiger charge is 2.24. The lowest BCUT2D eigenvalue weighted by atomic mass is 10.2. The van der Waals surface area contributed by atoms with Crippen molar-refractivity contribution in [1.82, 2.24) is 15.1 Å². The number of carbonyl (C=O) groups is 1. The van der Waals surface area contributed by atoms with Crippen LogP contribution in [0.3, 0.4) is 0 Å². The van der Waals surface area contributed by atoms with Crippen LogP contribution in [0.15, 0.2) is 4.42 Å². The van der Waals surface area contributed by atoms with Crippen LogP contribution >= 0.6 is 0 Å². The van der Waals surface area contributed by atoms with E-state index in [2.05, 4.69) is 15.5 Å². The number of aryl methyl sites for hydroxylation is 1. The Hall–Kier alpha value is -1.51. The molecule has 1 amide bonds. The third-order valence-electron chi connectivity index (χ3n) is 2.68. The summed E-state index contributed by atoms with van der Waals surface area (Å²) in [7, 11) is 0. The molecule has 2 heterocycles. The maximum Gasteiger partial charge on any atom is 0.322 e.